The maximum absolute atomic E-state index is 12.0. The molecule has 0 rings (SSSR count). The SMILES string of the molecule is CCCCCC(SCCC(F)F)C(=O)OCC. The van der Waals surface area contributed by atoms with Gasteiger partial charge in [-0.15, -0.1) is 11.8 Å². The summed E-state index contributed by atoms with van der Waals surface area (Å²) in [6.07, 6.45) is 1.36. The summed E-state index contributed by atoms with van der Waals surface area (Å²) in [5.74, 6) is 0.0515. The summed E-state index contributed by atoms with van der Waals surface area (Å²) in [5.41, 5.74) is 0. The third kappa shape index (κ3) is 9.39. The zero-order valence-electron chi connectivity index (χ0n) is 10.6. The molecule has 5 heteroatoms. The number of alkyl halides is 2. The Labute approximate surface area is 106 Å². The van der Waals surface area contributed by atoms with Crippen molar-refractivity contribution in [2.24, 2.45) is 0 Å². The summed E-state index contributed by atoms with van der Waals surface area (Å²) >= 11 is 1.29. The quantitative estimate of drug-likeness (QED) is 0.444. The molecule has 0 aromatic heterocycles. The summed E-state index contributed by atoms with van der Waals surface area (Å²) in [5, 5.41) is -0.278. The van der Waals surface area contributed by atoms with Gasteiger partial charge in [-0.05, 0) is 19.1 Å². The van der Waals surface area contributed by atoms with E-state index < -0.39 is 6.43 Å². The summed E-state index contributed by atoms with van der Waals surface area (Å²) in [6, 6.07) is 0. The van der Waals surface area contributed by atoms with Crippen LogP contribution in [0.4, 0.5) is 8.78 Å². The van der Waals surface area contributed by atoms with E-state index in [1.807, 2.05) is 0 Å². The van der Waals surface area contributed by atoms with Crippen molar-refractivity contribution in [2.75, 3.05) is 12.4 Å². The van der Waals surface area contributed by atoms with E-state index in [-0.39, 0.29) is 17.6 Å². The Morgan fingerprint density at radius 2 is 1.94 bits per heavy atom. The van der Waals surface area contributed by atoms with Crippen molar-refractivity contribution in [2.45, 2.75) is 57.6 Å². The van der Waals surface area contributed by atoms with Gasteiger partial charge in [0.2, 0.25) is 6.43 Å². The molecule has 0 aliphatic carbocycles. The van der Waals surface area contributed by atoms with Gasteiger partial charge < -0.3 is 4.74 Å². The van der Waals surface area contributed by atoms with Gasteiger partial charge in [-0.25, -0.2) is 8.78 Å². The van der Waals surface area contributed by atoms with Crippen molar-refractivity contribution in [3.8, 4) is 0 Å². The van der Waals surface area contributed by atoms with Crippen LogP contribution in [0.15, 0.2) is 0 Å². The Kier molecular flexibility index (Phi) is 10.6. The monoisotopic (exact) mass is 268 g/mol. The van der Waals surface area contributed by atoms with Crippen LogP contribution in [0.1, 0.15) is 46.0 Å². The molecule has 0 radical (unpaired) electrons. The number of ether oxygens (including phenoxy) is 1. The minimum Gasteiger partial charge on any atom is -0.465 e. The number of carbonyl (C=O) groups excluding carboxylic acids is 1. The number of carbonyl (C=O) groups is 1. The Morgan fingerprint density at radius 1 is 1.24 bits per heavy atom. The van der Waals surface area contributed by atoms with E-state index in [4.69, 9.17) is 4.74 Å². The second-order valence-electron chi connectivity index (χ2n) is 3.79. The lowest BCUT2D eigenvalue weighted by molar-refractivity contribution is -0.142. The molecule has 0 heterocycles. The van der Waals surface area contributed by atoms with E-state index in [1.165, 1.54) is 11.8 Å². The molecular formula is C12H22F2O2S. The number of esters is 1. The Bertz CT molecular complexity index is 201. The van der Waals surface area contributed by atoms with Crippen molar-refractivity contribution in [1.29, 1.82) is 0 Å². The van der Waals surface area contributed by atoms with Gasteiger partial charge in [-0.3, -0.25) is 4.79 Å². The van der Waals surface area contributed by atoms with Crippen LogP contribution in [0, 0.1) is 0 Å². The van der Waals surface area contributed by atoms with E-state index >= 15 is 0 Å². The molecule has 0 bridgehead atoms. The van der Waals surface area contributed by atoms with Gasteiger partial charge in [0.1, 0.15) is 5.25 Å². The lowest BCUT2D eigenvalue weighted by atomic mass is 10.1. The number of hydrogen-bond acceptors (Lipinski definition) is 3. The molecule has 17 heavy (non-hydrogen) atoms. The van der Waals surface area contributed by atoms with Crippen LogP contribution in [-0.2, 0) is 9.53 Å². The maximum Gasteiger partial charge on any atom is 0.319 e. The molecule has 0 fully saturated rings. The van der Waals surface area contributed by atoms with Gasteiger partial charge in [0.05, 0.1) is 6.61 Å². The van der Waals surface area contributed by atoms with Crippen molar-refractivity contribution in [1.82, 2.24) is 0 Å². The van der Waals surface area contributed by atoms with Crippen LogP contribution in [0.3, 0.4) is 0 Å². The predicted octanol–water partition coefficient (Wildman–Crippen LogP) is 3.89. The zero-order valence-corrected chi connectivity index (χ0v) is 11.4. The highest BCUT2D eigenvalue weighted by Crippen LogP contribution is 2.21. The van der Waals surface area contributed by atoms with Gasteiger partial charge in [-0.1, -0.05) is 26.2 Å². The van der Waals surface area contributed by atoms with Gasteiger partial charge in [0.25, 0.3) is 0 Å². The first kappa shape index (κ1) is 16.7. The third-order valence-corrected chi connectivity index (χ3v) is 3.58. The van der Waals surface area contributed by atoms with Crippen molar-refractivity contribution in [3.05, 3.63) is 0 Å². The molecule has 0 aliphatic rings. The number of thioether (sulfide) groups is 1. The molecule has 0 aliphatic heterocycles. The highest BCUT2D eigenvalue weighted by Gasteiger charge is 2.20. The smallest absolute Gasteiger partial charge is 0.319 e. The molecule has 0 aromatic carbocycles. The van der Waals surface area contributed by atoms with Gasteiger partial charge in [0.15, 0.2) is 0 Å². The highest BCUT2D eigenvalue weighted by atomic mass is 32.2. The van der Waals surface area contributed by atoms with Gasteiger partial charge >= 0.3 is 5.97 Å². The topological polar surface area (TPSA) is 26.3 Å². The summed E-state index contributed by atoms with van der Waals surface area (Å²) in [4.78, 5) is 11.6. The first-order valence-electron chi connectivity index (χ1n) is 6.18. The second-order valence-corrected chi connectivity index (χ2v) is 5.10. The summed E-state index contributed by atoms with van der Waals surface area (Å²) in [7, 11) is 0. The minimum absolute atomic E-state index is 0.158. The Morgan fingerprint density at radius 3 is 2.47 bits per heavy atom. The van der Waals surface area contributed by atoms with E-state index in [1.54, 1.807) is 6.92 Å². The number of rotatable bonds is 10. The molecule has 0 N–H and O–H groups in total. The zero-order chi connectivity index (χ0) is 13.1. The van der Waals surface area contributed by atoms with Crippen molar-refractivity contribution < 1.29 is 18.3 Å². The molecule has 0 aromatic rings. The van der Waals surface area contributed by atoms with Crippen LogP contribution < -0.4 is 0 Å². The first-order valence-corrected chi connectivity index (χ1v) is 7.23. The van der Waals surface area contributed by atoms with Crippen molar-refractivity contribution in [3.63, 3.8) is 0 Å². The minimum atomic E-state index is -2.29. The van der Waals surface area contributed by atoms with Crippen LogP contribution in [-0.4, -0.2) is 30.0 Å². The fraction of sp³-hybridized carbons (Fsp3) is 0.917. The average molecular weight is 268 g/mol. The molecule has 102 valence electrons. The normalized spacial score (nSPS) is 12.8. The molecule has 0 saturated heterocycles. The van der Waals surface area contributed by atoms with E-state index in [0.29, 0.717) is 12.4 Å². The van der Waals surface area contributed by atoms with E-state index in [0.717, 1.165) is 25.7 Å². The number of hydrogen-bond donors (Lipinski definition) is 0. The lowest BCUT2D eigenvalue weighted by Gasteiger charge is -2.14. The van der Waals surface area contributed by atoms with Crippen LogP contribution in [0.25, 0.3) is 0 Å². The molecule has 1 atom stereocenters. The summed E-state index contributed by atoms with van der Waals surface area (Å²) in [6.45, 7) is 4.19. The van der Waals surface area contributed by atoms with Crippen LogP contribution in [0.2, 0.25) is 0 Å². The van der Waals surface area contributed by atoms with E-state index in [2.05, 4.69) is 6.92 Å². The molecule has 0 saturated carbocycles. The predicted molar refractivity (Wildman–Crippen MR) is 67.6 cm³/mol. The van der Waals surface area contributed by atoms with Gasteiger partial charge in [0, 0.05) is 6.42 Å². The van der Waals surface area contributed by atoms with Gasteiger partial charge in [-0.2, -0.15) is 0 Å². The molecular weight excluding hydrogens is 246 g/mol. The number of halogens is 2. The number of unbranched alkanes of at least 4 members (excludes halogenated alkanes) is 2. The van der Waals surface area contributed by atoms with E-state index in [9.17, 15) is 13.6 Å². The maximum atomic E-state index is 12.0. The Hall–Kier alpha value is -0.320. The average Bonchev–Trinajstić information content (AvgIpc) is 2.27. The summed E-state index contributed by atoms with van der Waals surface area (Å²) < 4.78 is 29.0. The first-order chi connectivity index (χ1) is 8.11. The fourth-order valence-electron chi connectivity index (χ4n) is 1.38. The molecule has 1 unspecified atom stereocenters. The lowest BCUT2D eigenvalue weighted by Crippen LogP contribution is -2.21. The van der Waals surface area contributed by atoms with Crippen LogP contribution in [0.5, 0.6) is 0 Å². The van der Waals surface area contributed by atoms with Crippen LogP contribution >= 0.6 is 11.8 Å². The standard InChI is InChI=1S/C12H22F2O2S/c1-3-5-6-7-10(12(15)16-4-2)17-9-8-11(13)14/h10-11H,3-9H2,1-2H3. The highest BCUT2D eigenvalue weighted by molar-refractivity contribution is 8.00. The molecule has 0 spiro atoms. The third-order valence-electron chi connectivity index (χ3n) is 2.27. The van der Waals surface area contributed by atoms with Crippen molar-refractivity contribution >= 4 is 17.7 Å². The molecule has 0 amide bonds. The Balaban J connectivity index is 3.96. The molecule has 2 nitrogen and oxygen atoms in total. The second kappa shape index (κ2) is 10.8. The fourth-order valence-corrected chi connectivity index (χ4v) is 2.52. The largest absolute Gasteiger partial charge is 0.465 e.